The highest BCUT2D eigenvalue weighted by Gasteiger charge is 2.02. The zero-order valence-corrected chi connectivity index (χ0v) is 6.65. The number of carbonyl (C=O) groups excluding carboxylic acids is 1. The van der Waals surface area contributed by atoms with E-state index in [1.165, 1.54) is 6.92 Å². The fourth-order valence-corrected chi connectivity index (χ4v) is 1.07. The summed E-state index contributed by atoms with van der Waals surface area (Å²) in [5, 5.41) is 4.68. The molecule has 0 saturated carbocycles. The summed E-state index contributed by atoms with van der Waals surface area (Å²) in [6, 6.07) is 0. The zero-order chi connectivity index (χ0) is 8.20. The van der Waals surface area contributed by atoms with Crippen LogP contribution >= 0.6 is 0 Å². The third-order valence-corrected chi connectivity index (χ3v) is 1.82. The molecule has 0 radical (unpaired) electrons. The van der Waals surface area contributed by atoms with E-state index in [9.17, 15) is 13.2 Å². The van der Waals surface area contributed by atoms with Crippen LogP contribution in [0.1, 0.15) is 19.8 Å². The third-order valence-electron chi connectivity index (χ3n) is 0.958. The Morgan fingerprint density at radius 1 is 1.50 bits per heavy atom. The fourth-order valence-electron chi connectivity index (χ4n) is 0.522. The minimum Gasteiger partial charge on any atom is -0.300 e. The molecule has 0 heterocycles. The van der Waals surface area contributed by atoms with E-state index >= 15 is 0 Å². The first-order valence-corrected chi connectivity index (χ1v) is 4.63. The van der Waals surface area contributed by atoms with Gasteiger partial charge in [0.25, 0.3) is 0 Å². The largest absolute Gasteiger partial charge is 0.300 e. The van der Waals surface area contributed by atoms with Crippen molar-refractivity contribution in [2.45, 2.75) is 19.8 Å². The van der Waals surface area contributed by atoms with Gasteiger partial charge in [-0.25, -0.2) is 13.6 Å². The van der Waals surface area contributed by atoms with Gasteiger partial charge in [-0.15, -0.1) is 0 Å². The van der Waals surface area contributed by atoms with Crippen molar-refractivity contribution in [2.75, 3.05) is 5.75 Å². The van der Waals surface area contributed by atoms with Gasteiger partial charge in [-0.3, -0.25) is 0 Å². The molecule has 5 heteroatoms. The van der Waals surface area contributed by atoms with Crippen molar-refractivity contribution in [2.24, 2.45) is 5.14 Å². The second-order valence-electron chi connectivity index (χ2n) is 2.17. The molecule has 60 valence electrons. The molecule has 0 rings (SSSR count). The molecule has 0 aromatic heterocycles. The minimum atomic E-state index is -3.37. The number of hydrogen-bond donors (Lipinski definition) is 1. The van der Waals surface area contributed by atoms with Crippen LogP contribution in [0.2, 0.25) is 0 Å². The molecule has 0 unspecified atom stereocenters. The summed E-state index contributed by atoms with van der Waals surface area (Å²) in [5.41, 5.74) is 0. The summed E-state index contributed by atoms with van der Waals surface area (Å²) in [7, 11) is -3.37. The van der Waals surface area contributed by atoms with E-state index in [2.05, 4.69) is 5.14 Å². The second-order valence-corrected chi connectivity index (χ2v) is 3.91. The standard InChI is InChI=1S/C5H11NO3S/c1-5(7)3-2-4-10(6,8)9/h2-4H2,1H3,(H2,6,8,9). The summed E-state index contributed by atoms with van der Waals surface area (Å²) in [4.78, 5) is 10.3. The molecule has 2 N–H and O–H groups in total. The lowest BCUT2D eigenvalue weighted by molar-refractivity contribution is -0.117. The molecule has 0 aliphatic carbocycles. The number of ketones is 1. The Labute approximate surface area is 60.5 Å². The summed E-state index contributed by atoms with van der Waals surface area (Å²) in [6.07, 6.45) is 0.616. The van der Waals surface area contributed by atoms with Crippen LogP contribution in [-0.4, -0.2) is 20.0 Å². The van der Waals surface area contributed by atoms with Crippen LogP contribution in [-0.2, 0) is 14.8 Å². The van der Waals surface area contributed by atoms with Gasteiger partial charge >= 0.3 is 0 Å². The zero-order valence-electron chi connectivity index (χ0n) is 5.83. The van der Waals surface area contributed by atoms with Crippen LogP contribution in [0.3, 0.4) is 0 Å². The maximum absolute atomic E-state index is 10.3. The number of carbonyl (C=O) groups is 1. The molecule has 10 heavy (non-hydrogen) atoms. The number of rotatable bonds is 4. The van der Waals surface area contributed by atoms with Crippen molar-refractivity contribution in [1.29, 1.82) is 0 Å². The van der Waals surface area contributed by atoms with Gasteiger partial charge in [-0.1, -0.05) is 0 Å². The first kappa shape index (κ1) is 9.58. The van der Waals surface area contributed by atoms with Gasteiger partial charge in [0, 0.05) is 6.42 Å². The van der Waals surface area contributed by atoms with E-state index in [1.54, 1.807) is 0 Å². The molecular formula is C5H11NO3S. The molecule has 0 atom stereocenters. The number of Topliss-reactive ketones (excluding diaryl/α,β-unsaturated/α-hetero) is 1. The Hall–Kier alpha value is -0.420. The first-order valence-electron chi connectivity index (χ1n) is 2.92. The van der Waals surface area contributed by atoms with Crippen LogP contribution in [0.15, 0.2) is 0 Å². The van der Waals surface area contributed by atoms with Gasteiger partial charge in [0.1, 0.15) is 5.78 Å². The van der Waals surface area contributed by atoms with Crippen LogP contribution in [0, 0.1) is 0 Å². The molecule has 0 aliphatic rings. The van der Waals surface area contributed by atoms with Crippen LogP contribution in [0.25, 0.3) is 0 Å². The van der Waals surface area contributed by atoms with Gasteiger partial charge in [0.05, 0.1) is 5.75 Å². The number of hydrogen-bond acceptors (Lipinski definition) is 3. The number of nitrogens with two attached hydrogens (primary N) is 1. The lowest BCUT2D eigenvalue weighted by Crippen LogP contribution is -2.16. The predicted molar refractivity (Wildman–Crippen MR) is 37.9 cm³/mol. The van der Waals surface area contributed by atoms with Gasteiger partial charge in [0.2, 0.25) is 10.0 Å². The van der Waals surface area contributed by atoms with Crippen molar-refractivity contribution in [1.82, 2.24) is 0 Å². The van der Waals surface area contributed by atoms with Gasteiger partial charge in [0.15, 0.2) is 0 Å². The highest BCUT2D eigenvalue weighted by molar-refractivity contribution is 7.89. The maximum atomic E-state index is 10.3. The number of sulfonamides is 1. The van der Waals surface area contributed by atoms with E-state index in [0.29, 0.717) is 6.42 Å². The fraction of sp³-hybridized carbons (Fsp3) is 0.800. The molecule has 0 amide bonds. The molecule has 0 bridgehead atoms. The van der Waals surface area contributed by atoms with E-state index in [-0.39, 0.29) is 18.0 Å². The molecule has 0 fully saturated rings. The van der Waals surface area contributed by atoms with Crippen LogP contribution in [0.5, 0.6) is 0 Å². The second kappa shape index (κ2) is 3.68. The smallest absolute Gasteiger partial charge is 0.209 e. The SMILES string of the molecule is CC(=O)CCCS(N)(=O)=O. The van der Waals surface area contributed by atoms with Crippen LogP contribution < -0.4 is 5.14 Å². The monoisotopic (exact) mass is 165 g/mol. The Morgan fingerprint density at radius 2 is 2.00 bits per heavy atom. The predicted octanol–water partition coefficient (Wildman–Crippen LogP) is -0.356. The molecule has 0 aromatic rings. The molecule has 0 saturated heterocycles. The molecule has 4 nitrogen and oxygen atoms in total. The van der Waals surface area contributed by atoms with Crippen molar-refractivity contribution >= 4 is 15.8 Å². The average molecular weight is 165 g/mol. The summed E-state index contributed by atoms with van der Waals surface area (Å²) in [6.45, 7) is 1.42. The van der Waals surface area contributed by atoms with Crippen molar-refractivity contribution < 1.29 is 13.2 Å². The van der Waals surface area contributed by atoms with E-state index in [0.717, 1.165) is 0 Å². The Morgan fingerprint density at radius 3 is 2.30 bits per heavy atom. The summed E-state index contributed by atoms with van der Waals surface area (Å²) < 4.78 is 20.6. The van der Waals surface area contributed by atoms with E-state index < -0.39 is 10.0 Å². The Bertz CT molecular complexity index is 207. The third kappa shape index (κ3) is 7.58. The molecule has 0 aromatic carbocycles. The van der Waals surface area contributed by atoms with Gasteiger partial charge in [-0.2, -0.15) is 0 Å². The lowest BCUT2D eigenvalue weighted by atomic mass is 10.3. The van der Waals surface area contributed by atoms with Gasteiger partial charge < -0.3 is 4.79 Å². The maximum Gasteiger partial charge on any atom is 0.209 e. The lowest BCUT2D eigenvalue weighted by Gasteiger charge is -1.93. The van der Waals surface area contributed by atoms with E-state index in [4.69, 9.17) is 0 Å². The summed E-state index contributed by atoms with van der Waals surface area (Å²) in [5.74, 6) is -0.115. The van der Waals surface area contributed by atoms with Crippen LogP contribution in [0.4, 0.5) is 0 Å². The molecule has 0 spiro atoms. The summed E-state index contributed by atoms with van der Waals surface area (Å²) >= 11 is 0. The topological polar surface area (TPSA) is 77.2 Å². The highest BCUT2D eigenvalue weighted by Crippen LogP contribution is 1.92. The Kier molecular flexibility index (Phi) is 3.52. The van der Waals surface area contributed by atoms with Crippen molar-refractivity contribution in [3.05, 3.63) is 0 Å². The van der Waals surface area contributed by atoms with Crippen molar-refractivity contribution in [3.63, 3.8) is 0 Å². The quantitative estimate of drug-likeness (QED) is 0.618. The first-order chi connectivity index (χ1) is 4.42. The minimum absolute atomic E-state index is 0.0105. The van der Waals surface area contributed by atoms with Gasteiger partial charge in [-0.05, 0) is 13.3 Å². The molecular weight excluding hydrogens is 154 g/mol. The molecule has 0 aliphatic heterocycles. The van der Waals surface area contributed by atoms with E-state index in [1.807, 2.05) is 0 Å². The van der Waals surface area contributed by atoms with Crippen molar-refractivity contribution in [3.8, 4) is 0 Å². The normalized spacial score (nSPS) is 11.4. The number of primary sulfonamides is 1. The Balaban J connectivity index is 3.49. The average Bonchev–Trinajstić information content (AvgIpc) is 1.59. The highest BCUT2D eigenvalue weighted by atomic mass is 32.2.